The zero-order valence-electron chi connectivity index (χ0n) is 6.00. The van der Waals surface area contributed by atoms with Crippen molar-refractivity contribution in [1.29, 1.82) is 0 Å². The van der Waals surface area contributed by atoms with Gasteiger partial charge in [-0.2, -0.15) is 0 Å². The predicted octanol–water partition coefficient (Wildman–Crippen LogP) is -0.660. The smallest absolute Gasteiger partial charge is 0.174 e. The van der Waals surface area contributed by atoms with E-state index in [4.69, 9.17) is 5.73 Å². The summed E-state index contributed by atoms with van der Waals surface area (Å²) in [6.07, 6.45) is 1.43. The maximum Gasteiger partial charge on any atom is 0.174 e. The zero-order valence-corrected chi connectivity index (χ0v) is 6.00. The molecule has 1 aliphatic rings. The molecule has 11 heavy (non-hydrogen) atoms. The second-order valence-electron chi connectivity index (χ2n) is 2.25. The van der Waals surface area contributed by atoms with Gasteiger partial charge >= 0.3 is 0 Å². The molecule has 0 fully saturated rings. The van der Waals surface area contributed by atoms with Gasteiger partial charge in [0, 0.05) is 7.05 Å². The summed E-state index contributed by atoms with van der Waals surface area (Å²) in [5.41, 5.74) is 12.0. The molecular formula is C5H8N6. The minimum absolute atomic E-state index is 0.451. The molecule has 2 rings (SSSR count). The number of nitrogens with one attached hydrogen (secondary N) is 2. The third-order valence-corrected chi connectivity index (χ3v) is 1.52. The average Bonchev–Trinajstić information content (AvgIpc) is 2.35. The van der Waals surface area contributed by atoms with E-state index in [0.29, 0.717) is 5.82 Å². The van der Waals surface area contributed by atoms with Gasteiger partial charge in [-0.1, -0.05) is 0 Å². The lowest BCUT2D eigenvalue weighted by molar-refractivity contribution is 0.809. The van der Waals surface area contributed by atoms with Crippen molar-refractivity contribution < 1.29 is 0 Å². The second-order valence-corrected chi connectivity index (χ2v) is 2.25. The van der Waals surface area contributed by atoms with Crippen molar-refractivity contribution in [3.63, 3.8) is 0 Å². The van der Waals surface area contributed by atoms with Gasteiger partial charge in [0.2, 0.25) is 0 Å². The summed E-state index contributed by atoms with van der Waals surface area (Å²) in [6, 6.07) is 0. The van der Waals surface area contributed by atoms with Gasteiger partial charge < -0.3 is 5.73 Å². The molecule has 1 aromatic rings. The van der Waals surface area contributed by atoms with E-state index in [0.717, 1.165) is 11.5 Å². The van der Waals surface area contributed by atoms with Crippen LogP contribution in [0, 0.1) is 0 Å². The molecule has 0 amide bonds. The van der Waals surface area contributed by atoms with Crippen LogP contribution in [0.4, 0.5) is 17.3 Å². The Bertz CT molecular complexity index is 284. The molecule has 0 unspecified atom stereocenters. The number of hydrogen-bond donors (Lipinski definition) is 3. The van der Waals surface area contributed by atoms with Crippen LogP contribution in [0.15, 0.2) is 6.33 Å². The SMILES string of the molecule is CN1NNc2c(N)ncnc21. The molecule has 2 heterocycles. The van der Waals surface area contributed by atoms with Crippen LogP contribution < -0.4 is 21.7 Å². The number of nitrogens with zero attached hydrogens (tertiary/aromatic N) is 3. The number of rotatable bonds is 0. The number of anilines is 3. The van der Waals surface area contributed by atoms with Crippen molar-refractivity contribution in [2.24, 2.45) is 0 Å². The van der Waals surface area contributed by atoms with Gasteiger partial charge in [-0.05, 0) is 0 Å². The van der Waals surface area contributed by atoms with Crippen LogP contribution in [-0.2, 0) is 0 Å². The maximum absolute atomic E-state index is 5.55. The summed E-state index contributed by atoms with van der Waals surface area (Å²) in [5.74, 6) is 1.21. The summed E-state index contributed by atoms with van der Waals surface area (Å²) < 4.78 is 0. The monoisotopic (exact) mass is 152 g/mol. The van der Waals surface area contributed by atoms with Crippen LogP contribution >= 0.6 is 0 Å². The van der Waals surface area contributed by atoms with E-state index >= 15 is 0 Å². The first-order valence-corrected chi connectivity index (χ1v) is 3.15. The Balaban J connectivity index is 2.57. The van der Waals surface area contributed by atoms with Crippen molar-refractivity contribution in [3.8, 4) is 0 Å². The highest BCUT2D eigenvalue weighted by atomic mass is 15.7. The van der Waals surface area contributed by atoms with Crippen LogP contribution in [0.3, 0.4) is 0 Å². The number of hydrazine groups is 2. The lowest BCUT2D eigenvalue weighted by Gasteiger charge is -2.06. The van der Waals surface area contributed by atoms with E-state index in [1.807, 2.05) is 7.05 Å². The Morgan fingerprint density at radius 1 is 1.55 bits per heavy atom. The Labute approximate surface area is 63.4 Å². The quantitative estimate of drug-likeness (QED) is 0.458. The minimum atomic E-state index is 0.451. The summed E-state index contributed by atoms with van der Waals surface area (Å²) in [4.78, 5) is 7.83. The van der Waals surface area contributed by atoms with Gasteiger partial charge in [-0.3, -0.25) is 10.4 Å². The molecule has 6 heteroatoms. The van der Waals surface area contributed by atoms with Crippen molar-refractivity contribution in [2.45, 2.75) is 0 Å². The van der Waals surface area contributed by atoms with Crippen molar-refractivity contribution >= 4 is 17.3 Å². The van der Waals surface area contributed by atoms with Gasteiger partial charge in [0.05, 0.1) is 0 Å². The van der Waals surface area contributed by atoms with Crippen molar-refractivity contribution in [1.82, 2.24) is 15.5 Å². The van der Waals surface area contributed by atoms with E-state index in [9.17, 15) is 0 Å². The van der Waals surface area contributed by atoms with Crippen LogP contribution in [-0.4, -0.2) is 17.0 Å². The summed E-state index contributed by atoms with van der Waals surface area (Å²) in [7, 11) is 1.84. The zero-order chi connectivity index (χ0) is 7.84. The first-order valence-electron chi connectivity index (χ1n) is 3.15. The highest BCUT2D eigenvalue weighted by molar-refractivity contribution is 5.77. The molecule has 0 saturated heterocycles. The molecule has 4 N–H and O–H groups in total. The Morgan fingerprint density at radius 2 is 2.36 bits per heavy atom. The third kappa shape index (κ3) is 0.761. The highest BCUT2D eigenvalue weighted by Gasteiger charge is 2.18. The van der Waals surface area contributed by atoms with Crippen LogP contribution in [0.5, 0.6) is 0 Å². The molecule has 0 aromatic carbocycles. The van der Waals surface area contributed by atoms with Gasteiger partial charge in [-0.25, -0.2) is 9.97 Å². The standard InChI is InChI=1S/C5H8N6/c1-11-5-3(9-10-11)4(6)7-2-8-5/h2,9-10H,1H3,(H2,6,7,8). The van der Waals surface area contributed by atoms with Gasteiger partial charge in [0.1, 0.15) is 12.0 Å². The number of nitrogens with two attached hydrogens (primary N) is 1. The Hall–Kier alpha value is -1.56. The molecule has 0 saturated carbocycles. The van der Waals surface area contributed by atoms with Crippen LogP contribution in [0.25, 0.3) is 0 Å². The van der Waals surface area contributed by atoms with Gasteiger partial charge in [0.25, 0.3) is 0 Å². The summed E-state index contributed by atoms with van der Waals surface area (Å²) in [5, 5.41) is 1.73. The summed E-state index contributed by atoms with van der Waals surface area (Å²) in [6.45, 7) is 0. The van der Waals surface area contributed by atoms with Gasteiger partial charge in [-0.15, -0.1) is 5.53 Å². The Kier molecular flexibility index (Phi) is 1.10. The van der Waals surface area contributed by atoms with Crippen LogP contribution in [0.1, 0.15) is 0 Å². The van der Waals surface area contributed by atoms with E-state index in [2.05, 4.69) is 20.9 Å². The van der Waals surface area contributed by atoms with E-state index < -0.39 is 0 Å². The fourth-order valence-electron chi connectivity index (χ4n) is 0.956. The average molecular weight is 152 g/mol. The fraction of sp³-hybridized carbons (Fsp3) is 0.200. The second kappa shape index (κ2) is 1.96. The number of fused-ring (bicyclic) bond motifs is 1. The topological polar surface area (TPSA) is 79.1 Å². The molecule has 0 aliphatic carbocycles. The van der Waals surface area contributed by atoms with E-state index in [1.54, 1.807) is 5.01 Å². The molecule has 0 radical (unpaired) electrons. The normalized spacial score (nSPS) is 14.5. The molecular weight excluding hydrogens is 144 g/mol. The molecule has 0 bridgehead atoms. The largest absolute Gasteiger partial charge is 0.382 e. The molecule has 1 aliphatic heterocycles. The molecule has 6 nitrogen and oxygen atoms in total. The van der Waals surface area contributed by atoms with E-state index in [-0.39, 0.29) is 0 Å². The molecule has 0 atom stereocenters. The fourth-order valence-corrected chi connectivity index (χ4v) is 0.956. The first-order chi connectivity index (χ1) is 5.29. The molecule has 1 aromatic heterocycles. The van der Waals surface area contributed by atoms with Crippen LogP contribution in [0.2, 0.25) is 0 Å². The maximum atomic E-state index is 5.55. The predicted molar refractivity (Wildman–Crippen MR) is 41.6 cm³/mol. The van der Waals surface area contributed by atoms with Crippen molar-refractivity contribution in [3.05, 3.63) is 6.33 Å². The lowest BCUT2D eigenvalue weighted by atomic mass is 10.4. The first kappa shape index (κ1) is 6.17. The minimum Gasteiger partial charge on any atom is -0.382 e. The molecule has 58 valence electrons. The number of aromatic nitrogens is 2. The highest BCUT2D eigenvalue weighted by Crippen LogP contribution is 2.28. The number of nitrogen functional groups attached to an aromatic ring is 1. The van der Waals surface area contributed by atoms with Crippen molar-refractivity contribution in [2.75, 3.05) is 23.2 Å². The third-order valence-electron chi connectivity index (χ3n) is 1.52. The lowest BCUT2D eigenvalue weighted by Crippen LogP contribution is -2.32. The molecule has 0 spiro atoms. The van der Waals surface area contributed by atoms with Gasteiger partial charge in [0.15, 0.2) is 11.6 Å². The van der Waals surface area contributed by atoms with E-state index in [1.165, 1.54) is 6.33 Å². The summed E-state index contributed by atoms with van der Waals surface area (Å²) >= 11 is 0. The number of hydrogen-bond acceptors (Lipinski definition) is 6. The Morgan fingerprint density at radius 3 is 3.09 bits per heavy atom.